The van der Waals surface area contributed by atoms with Crippen LogP contribution in [0.5, 0.6) is 0 Å². The average molecular weight is 370 g/mol. The smallest absolute Gasteiger partial charge is 0.291 e. The van der Waals surface area contributed by atoms with Gasteiger partial charge in [-0.05, 0) is 59.1 Å². The number of nitrogens with one attached hydrogen (secondary N) is 1. The maximum atomic E-state index is 12.2. The van der Waals surface area contributed by atoms with Gasteiger partial charge in [-0.3, -0.25) is 4.79 Å². The number of furan rings is 1. The zero-order valence-corrected chi connectivity index (χ0v) is 13.6. The third-order valence-corrected chi connectivity index (χ3v) is 4.11. The number of benzene rings is 1. The molecule has 4 nitrogen and oxygen atoms in total. The number of amides is 1. The Bertz CT molecular complexity index is 665. The zero-order valence-electron chi connectivity index (χ0n) is 11.2. The highest BCUT2D eigenvalue weighted by molar-refractivity contribution is 9.10. The number of anilines is 2. The minimum absolute atomic E-state index is 0.259. The zero-order chi connectivity index (χ0) is 14.8. The van der Waals surface area contributed by atoms with E-state index in [1.807, 2.05) is 12.1 Å². The minimum Gasteiger partial charge on any atom is -0.444 e. The molecule has 0 radical (unpaired) electrons. The van der Waals surface area contributed by atoms with E-state index in [9.17, 15) is 4.79 Å². The van der Waals surface area contributed by atoms with E-state index in [1.54, 1.807) is 18.2 Å². The molecule has 1 saturated heterocycles. The molecule has 110 valence electrons. The Morgan fingerprint density at radius 2 is 2.00 bits per heavy atom. The summed E-state index contributed by atoms with van der Waals surface area (Å²) < 4.78 is 5.80. The summed E-state index contributed by atoms with van der Waals surface area (Å²) >= 11 is 9.25. The highest BCUT2D eigenvalue weighted by Gasteiger charge is 2.18. The minimum atomic E-state index is -0.289. The summed E-state index contributed by atoms with van der Waals surface area (Å²) in [7, 11) is 0. The number of carbonyl (C=O) groups is 1. The number of hydrogen-bond acceptors (Lipinski definition) is 3. The standard InChI is InChI=1S/C15H14BrClN2O2/c16-14-6-5-13(21-14)15(20)18-11-9-10(17)3-4-12(11)19-7-1-2-8-19/h3-6,9H,1-2,7-8H2,(H,18,20). The van der Waals surface area contributed by atoms with Gasteiger partial charge in [0.05, 0.1) is 11.4 Å². The van der Waals surface area contributed by atoms with Crippen LogP contribution in [0.2, 0.25) is 5.02 Å². The van der Waals surface area contributed by atoms with Crippen LogP contribution >= 0.6 is 27.5 Å². The van der Waals surface area contributed by atoms with E-state index in [1.165, 1.54) is 12.8 Å². The lowest BCUT2D eigenvalue weighted by atomic mass is 10.2. The molecule has 1 aliphatic rings. The van der Waals surface area contributed by atoms with Gasteiger partial charge in [0.25, 0.3) is 5.91 Å². The molecular weight excluding hydrogens is 356 g/mol. The highest BCUT2D eigenvalue weighted by atomic mass is 79.9. The molecule has 0 spiro atoms. The van der Waals surface area contributed by atoms with Crippen LogP contribution < -0.4 is 10.2 Å². The van der Waals surface area contributed by atoms with E-state index in [2.05, 4.69) is 26.1 Å². The second-order valence-electron chi connectivity index (χ2n) is 4.91. The molecule has 2 heterocycles. The number of hydrogen-bond donors (Lipinski definition) is 1. The third kappa shape index (κ3) is 3.24. The fourth-order valence-corrected chi connectivity index (χ4v) is 2.94. The summed E-state index contributed by atoms with van der Waals surface area (Å²) in [5.74, 6) is -0.0300. The summed E-state index contributed by atoms with van der Waals surface area (Å²) in [6, 6.07) is 8.87. The Morgan fingerprint density at radius 3 is 2.67 bits per heavy atom. The topological polar surface area (TPSA) is 45.5 Å². The van der Waals surface area contributed by atoms with Crippen molar-refractivity contribution in [1.29, 1.82) is 0 Å². The third-order valence-electron chi connectivity index (χ3n) is 3.45. The average Bonchev–Trinajstić information content (AvgIpc) is 3.10. The van der Waals surface area contributed by atoms with Crippen LogP contribution in [-0.2, 0) is 0 Å². The molecule has 2 aromatic rings. The van der Waals surface area contributed by atoms with Gasteiger partial charge < -0.3 is 14.6 Å². The fraction of sp³-hybridized carbons (Fsp3) is 0.267. The molecule has 0 bridgehead atoms. The first-order valence-corrected chi connectivity index (χ1v) is 7.92. The lowest BCUT2D eigenvalue weighted by Gasteiger charge is -2.21. The molecular formula is C15H14BrClN2O2. The molecule has 1 aliphatic heterocycles. The highest BCUT2D eigenvalue weighted by Crippen LogP contribution is 2.32. The monoisotopic (exact) mass is 368 g/mol. The molecule has 1 amide bonds. The van der Waals surface area contributed by atoms with Crippen molar-refractivity contribution in [3.05, 3.63) is 45.8 Å². The van der Waals surface area contributed by atoms with E-state index in [4.69, 9.17) is 16.0 Å². The van der Waals surface area contributed by atoms with Crippen LogP contribution in [0.1, 0.15) is 23.4 Å². The van der Waals surface area contributed by atoms with Gasteiger partial charge in [0.1, 0.15) is 0 Å². The Morgan fingerprint density at radius 1 is 1.24 bits per heavy atom. The van der Waals surface area contributed by atoms with Crippen molar-refractivity contribution in [3.63, 3.8) is 0 Å². The van der Waals surface area contributed by atoms with Gasteiger partial charge >= 0.3 is 0 Å². The molecule has 0 atom stereocenters. The van der Waals surface area contributed by atoms with Crippen molar-refractivity contribution in [2.75, 3.05) is 23.3 Å². The van der Waals surface area contributed by atoms with Crippen molar-refractivity contribution in [2.24, 2.45) is 0 Å². The SMILES string of the molecule is O=C(Nc1cc(Cl)ccc1N1CCCC1)c1ccc(Br)o1. The van der Waals surface area contributed by atoms with E-state index < -0.39 is 0 Å². The number of carbonyl (C=O) groups excluding carboxylic acids is 1. The molecule has 1 aromatic carbocycles. The summed E-state index contributed by atoms with van der Waals surface area (Å²) in [5, 5.41) is 3.47. The van der Waals surface area contributed by atoms with Crippen molar-refractivity contribution < 1.29 is 9.21 Å². The van der Waals surface area contributed by atoms with Gasteiger partial charge in [-0.2, -0.15) is 0 Å². The molecule has 6 heteroatoms. The number of halogens is 2. The molecule has 0 saturated carbocycles. The Balaban J connectivity index is 1.86. The number of nitrogens with zero attached hydrogens (tertiary/aromatic N) is 1. The maximum absolute atomic E-state index is 12.2. The first kappa shape index (κ1) is 14.5. The Kier molecular flexibility index (Phi) is 4.22. The summed E-state index contributed by atoms with van der Waals surface area (Å²) in [6.45, 7) is 1.99. The Hall–Kier alpha value is -1.46. The van der Waals surface area contributed by atoms with E-state index >= 15 is 0 Å². The van der Waals surface area contributed by atoms with Crippen LogP contribution in [0, 0.1) is 0 Å². The number of rotatable bonds is 3. The van der Waals surface area contributed by atoms with Crippen molar-refractivity contribution in [3.8, 4) is 0 Å². The van der Waals surface area contributed by atoms with E-state index in [0.29, 0.717) is 15.4 Å². The van der Waals surface area contributed by atoms with Crippen LogP contribution in [-0.4, -0.2) is 19.0 Å². The van der Waals surface area contributed by atoms with E-state index in [-0.39, 0.29) is 11.7 Å². The predicted octanol–water partition coefficient (Wildman–Crippen LogP) is 4.55. The molecule has 1 N–H and O–H groups in total. The quantitative estimate of drug-likeness (QED) is 0.863. The molecule has 1 aromatic heterocycles. The summed E-state index contributed by atoms with van der Waals surface area (Å²) in [5.41, 5.74) is 1.71. The van der Waals surface area contributed by atoms with Crippen molar-refractivity contribution in [2.45, 2.75) is 12.8 Å². The van der Waals surface area contributed by atoms with Gasteiger partial charge in [0, 0.05) is 18.1 Å². The second-order valence-corrected chi connectivity index (χ2v) is 6.13. The van der Waals surface area contributed by atoms with Crippen molar-refractivity contribution in [1.82, 2.24) is 0 Å². The molecule has 21 heavy (non-hydrogen) atoms. The lowest BCUT2D eigenvalue weighted by molar-refractivity contribution is 0.0995. The second kappa shape index (κ2) is 6.12. The first-order valence-electron chi connectivity index (χ1n) is 6.75. The lowest BCUT2D eigenvalue weighted by Crippen LogP contribution is -2.21. The fourth-order valence-electron chi connectivity index (χ4n) is 2.46. The largest absolute Gasteiger partial charge is 0.444 e. The molecule has 1 fully saturated rings. The van der Waals surface area contributed by atoms with Crippen LogP contribution in [0.3, 0.4) is 0 Å². The van der Waals surface area contributed by atoms with Gasteiger partial charge in [-0.1, -0.05) is 11.6 Å². The predicted molar refractivity (Wildman–Crippen MR) is 87.3 cm³/mol. The van der Waals surface area contributed by atoms with Gasteiger partial charge in [-0.15, -0.1) is 0 Å². The van der Waals surface area contributed by atoms with Crippen LogP contribution in [0.15, 0.2) is 39.4 Å². The molecule has 3 rings (SSSR count). The Labute approximate surface area is 136 Å². The molecule has 0 aliphatic carbocycles. The van der Waals surface area contributed by atoms with Gasteiger partial charge in [0.2, 0.25) is 0 Å². The van der Waals surface area contributed by atoms with Crippen LogP contribution in [0.25, 0.3) is 0 Å². The van der Waals surface area contributed by atoms with Crippen molar-refractivity contribution >= 4 is 44.8 Å². The van der Waals surface area contributed by atoms with Gasteiger partial charge in [0.15, 0.2) is 10.4 Å². The maximum Gasteiger partial charge on any atom is 0.291 e. The van der Waals surface area contributed by atoms with Crippen LogP contribution in [0.4, 0.5) is 11.4 Å². The molecule has 0 unspecified atom stereocenters. The van der Waals surface area contributed by atoms with E-state index in [0.717, 1.165) is 18.8 Å². The first-order chi connectivity index (χ1) is 10.1. The summed E-state index contributed by atoms with van der Waals surface area (Å²) in [6.07, 6.45) is 2.34. The summed E-state index contributed by atoms with van der Waals surface area (Å²) in [4.78, 5) is 14.5. The normalized spacial score (nSPS) is 14.5. The van der Waals surface area contributed by atoms with Gasteiger partial charge in [-0.25, -0.2) is 0 Å².